The molecule has 4 heteroatoms. The zero-order valence-electron chi connectivity index (χ0n) is 10.2. The molecule has 1 aromatic heterocycles. The minimum atomic E-state index is -1.07. The molecule has 0 bridgehead atoms. The number of nitrogens with zero attached hydrogens (tertiary/aromatic N) is 1. The third-order valence-electron chi connectivity index (χ3n) is 2.78. The van der Waals surface area contributed by atoms with Gasteiger partial charge in [-0.3, -0.25) is 4.98 Å². The van der Waals surface area contributed by atoms with Gasteiger partial charge in [-0.1, -0.05) is 12.1 Å². The van der Waals surface area contributed by atoms with Crippen LogP contribution in [0.2, 0.25) is 0 Å². The Labute approximate surface area is 105 Å². The fourth-order valence-corrected chi connectivity index (χ4v) is 1.82. The third-order valence-corrected chi connectivity index (χ3v) is 2.78. The Hall–Kier alpha value is -1.94. The lowest BCUT2D eigenvalue weighted by Crippen LogP contribution is -2.05. The summed E-state index contributed by atoms with van der Waals surface area (Å²) >= 11 is 0. The summed E-state index contributed by atoms with van der Waals surface area (Å²) in [6, 6.07) is 6.84. The predicted octanol–water partition coefficient (Wildman–Crippen LogP) is 2.62. The van der Waals surface area contributed by atoms with Crippen LogP contribution in [0.1, 0.15) is 22.8 Å². The second-order valence-electron chi connectivity index (χ2n) is 4.05. The first-order chi connectivity index (χ1) is 8.63. The second kappa shape index (κ2) is 5.14. The maximum Gasteiger partial charge on any atom is 0.147 e. The van der Waals surface area contributed by atoms with Crippen molar-refractivity contribution in [3.05, 3.63) is 59.2 Å². The molecule has 1 N–H and O–H groups in total. The Morgan fingerprint density at radius 2 is 2.06 bits per heavy atom. The molecule has 0 aliphatic rings. The Balaban J connectivity index is 2.46. The first-order valence-electron chi connectivity index (χ1n) is 5.55. The van der Waals surface area contributed by atoms with E-state index in [0.29, 0.717) is 11.3 Å². The number of ether oxygens (including phenoxy) is 1. The van der Waals surface area contributed by atoms with Crippen LogP contribution in [-0.2, 0) is 0 Å². The smallest absolute Gasteiger partial charge is 0.147 e. The number of aliphatic hydroxyl groups excluding tert-OH is 1. The SMILES string of the molecule is COc1cc(C)ccc1C(O)c1ccncc1F. The second-order valence-corrected chi connectivity index (χ2v) is 4.05. The lowest BCUT2D eigenvalue weighted by Gasteiger charge is -2.16. The van der Waals surface area contributed by atoms with Crippen molar-refractivity contribution in [3.63, 3.8) is 0 Å². The van der Waals surface area contributed by atoms with Gasteiger partial charge in [0, 0.05) is 17.3 Å². The van der Waals surface area contributed by atoms with Gasteiger partial charge in [-0.05, 0) is 24.6 Å². The van der Waals surface area contributed by atoms with Crippen LogP contribution in [0.25, 0.3) is 0 Å². The molecule has 18 heavy (non-hydrogen) atoms. The van der Waals surface area contributed by atoms with Crippen LogP contribution >= 0.6 is 0 Å². The third kappa shape index (κ3) is 2.33. The highest BCUT2D eigenvalue weighted by Crippen LogP contribution is 2.31. The number of aliphatic hydroxyl groups is 1. The Morgan fingerprint density at radius 1 is 1.28 bits per heavy atom. The maximum absolute atomic E-state index is 13.6. The first kappa shape index (κ1) is 12.5. The van der Waals surface area contributed by atoms with E-state index in [4.69, 9.17) is 4.74 Å². The Kier molecular flexibility index (Phi) is 3.58. The van der Waals surface area contributed by atoms with E-state index >= 15 is 0 Å². The van der Waals surface area contributed by atoms with E-state index in [1.165, 1.54) is 19.4 Å². The van der Waals surface area contributed by atoms with Gasteiger partial charge in [0.2, 0.25) is 0 Å². The van der Waals surface area contributed by atoms with Gasteiger partial charge in [-0.2, -0.15) is 0 Å². The number of pyridine rings is 1. The van der Waals surface area contributed by atoms with Gasteiger partial charge < -0.3 is 9.84 Å². The lowest BCUT2D eigenvalue weighted by molar-refractivity contribution is 0.209. The number of benzene rings is 1. The average Bonchev–Trinajstić information content (AvgIpc) is 2.38. The van der Waals surface area contributed by atoms with Crippen molar-refractivity contribution in [2.75, 3.05) is 7.11 Å². The van der Waals surface area contributed by atoms with Crippen LogP contribution in [-0.4, -0.2) is 17.2 Å². The van der Waals surface area contributed by atoms with Crippen molar-refractivity contribution in [3.8, 4) is 5.75 Å². The van der Waals surface area contributed by atoms with Crippen LogP contribution < -0.4 is 4.74 Å². The standard InChI is InChI=1S/C14H14FNO2/c1-9-3-4-11(13(7-9)18-2)14(17)10-5-6-16-8-12(10)15/h3-8,14,17H,1-2H3. The van der Waals surface area contributed by atoms with E-state index in [-0.39, 0.29) is 5.56 Å². The van der Waals surface area contributed by atoms with E-state index in [1.54, 1.807) is 12.1 Å². The van der Waals surface area contributed by atoms with Crippen LogP contribution in [0.15, 0.2) is 36.7 Å². The number of rotatable bonds is 3. The van der Waals surface area contributed by atoms with E-state index < -0.39 is 11.9 Å². The van der Waals surface area contributed by atoms with Crippen molar-refractivity contribution in [2.45, 2.75) is 13.0 Å². The van der Waals surface area contributed by atoms with Crippen molar-refractivity contribution >= 4 is 0 Å². The molecule has 2 rings (SSSR count). The van der Waals surface area contributed by atoms with Gasteiger partial charge in [0.1, 0.15) is 17.7 Å². The van der Waals surface area contributed by atoms with Gasteiger partial charge in [-0.15, -0.1) is 0 Å². The summed E-state index contributed by atoms with van der Waals surface area (Å²) in [7, 11) is 1.52. The molecule has 0 fully saturated rings. The summed E-state index contributed by atoms with van der Waals surface area (Å²) < 4.78 is 18.8. The quantitative estimate of drug-likeness (QED) is 0.906. The molecular formula is C14H14FNO2. The molecule has 3 nitrogen and oxygen atoms in total. The number of aromatic nitrogens is 1. The Morgan fingerprint density at radius 3 is 2.72 bits per heavy atom. The Bertz CT molecular complexity index is 557. The molecule has 0 saturated heterocycles. The molecular weight excluding hydrogens is 233 g/mol. The number of halogens is 1. The summed E-state index contributed by atoms with van der Waals surface area (Å²) in [6.07, 6.45) is 1.46. The van der Waals surface area contributed by atoms with Gasteiger partial charge in [-0.25, -0.2) is 4.39 Å². The molecule has 0 aliphatic carbocycles. The van der Waals surface area contributed by atoms with Crippen molar-refractivity contribution in [2.24, 2.45) is 0 Å². The molecule has 0 aliphatic heterocycles. The maximum atomic E-state index is 13.6. The summed E-state index contributed by atoms with van der Waals surface area (Å²) in [5.41, 5.74) is 1.73. The average molecular weight is 247 g/mol. The zero-order valence-corrected chi connectivity index (χ0v) is 10.2. The molecule has 0 spiro atoms. The van der Waals surface area contributed by atoms with Crippen molar-refractivity contribution < 1.29 is 14.2 Å². The normalized spacial score (nSPS) is 12.2. The monoisotopic (exact) mass is 247 g/mol. The molecule has 1 heterocycles. The molecule has 0 amide bonds. The highest BCUT2D eigenvalue weighted by atomic mass is 19.1. The molecule has 1 aromatic carbocycles. The number of hydrogen-bond acceptors (Lipinski definition) is 3. The number of aryl methyl sites for hydroxylation is 1. The largest absolute Gasteiger partial charge is 0.496 e. The van der Waals surface area contributed by atoms with Crippen LogP contribution in [0.3, 0.4) is 0 Å². The number of hydrogen-bond donors (Lipinski definition) is 1. The fraction of sp³-hybridized carbons (Fsp3) is 0.214. The first-order valence-corrected chi connectivity index (χ1v) is 5.55. The molecule has 2 aromatic rings. The van der Waals surface area contributed by atoms with Gasteiger partial charge in [0.05, 0.1) is 13.3 Å². The molecule has 0 radical (unpaired) electrons. The highest BCUT2D eigenvalue weighted by Gasteiger charge is 2.18. The van der Waals surface area contributed by atoms with E-state index in [9.17, 15) is 9.50 Å². The van der Waals surface area contributed by atoms with Crippen molar-refractivity contribution in [1.29, 1.82) is 0 Å². The topological polar surface area (TPSA) is 42.4 Å². The van der Waals surface area contributed by atoms with Gasteiger partial charge >= 0.3 is 0 Å². The summed E-state index contributed by atoms with van der Waals surface area (Å²) in [5, 5.41) is 10.2. The van der Waals surface area contributed by atoms with Crippen LogP contribution in [0.4, 0.5) is 4.39 Å². The highest BCUT2D eigenvalue weighted by molar-refractivity contribution is 5.42. The molecule has 1 atom stereocenters. The van der Waals surface area contributed by atoms with Crippen LogP contribution in [0, 0.1) is 12.7 Å². The predicted molar refractivity (Wildman–Crippen MR) is 66.0 cm³/mol. The zero-order chi connectivity index (χ0) is 13.1. The van der Waals surface area contributed by atoms with E-state index in [2.05, 4.69) is 4.98 Å². The van der Waals surface area contributed by atoms with E-state index in [1.807, 2.05) is 13.0 Å². The van der Waals surface area contributed by atoms with E-state index in [0.717, 1.165) is 11.8 Å². The number of methoxy groups -OCH3 is 1. The minimum Gasteiger partial charge on any atom is -0.496 e. The summed E-state index contributed by atoms with van der Waals surface area (Å²) in [6.45, 7) is 1.92. The van der Waals surface area contributed by atoms with Crippen molar-refractivity contribution in [1.82, 2.24) is 4.98 Å². The van der Waals surface area contributed by atoms with Gasteiger partial charge in [0.15, 0.2) is 0 Å². The molecule has 94 valence electrons. The molecule has 1 unspecified atom stereocenters. The summed E-state index contributed by atoms with van der Waals surface area (Å²) in [4.78, 5) is 3.66. The summed E-state index contributed by atoms with van der Waals surface area (Å²) in [5.74, 6) is 0.00587. The minimum absolute atomic E-state index is 0.187. The lowest BCUT2D eigenvalue weighted by atomic mass is 10.00. The molecule has 0 saturated carbocycles. The fourth-order valence-electron chi connectivity index (χ4n) is 1.82. The van der Waals surface area contributed by atoms with Gasteiger partial charge in [0.25, 0.3) is 0 Å². The van der Waals surface area contributed by atoms with Crippen LogP contribution in [0.5, 0.6) is 5.75 Å².